The largest absolute Gasteiger partial charge is 0.387 e. The number of aliphatic imine (C=N–C) groups is 1. The standard InChI is InChI=1S/C19H37N5O2.HI/c1-3-20-18(21-12-16-6-7-24(13-16)17-4-5-17)22-14-19(2,25)15-23-8-10-26-11-9-23;/h16-17,25H,3-15H2,1-2H3,(H2,20,21,22);1H. The fraction of sp³-hybridized carbons (Fsp3) is 0.947. The van der Waals surface area contributed by atoms with Crippen molar-refractivity contribution >= 4 is 29.9 Å². The van der Waals surface area contributed by atoms with Gasteiger partial charge in [0.25, 0.3) is 0 Å². The van der Waals surface area contributed by atoms with Gasteiger partial charge in [0.2, 0.25) is 0 Å². The third kappa shape index (κ3) is 8.00. The molecule has 158 valence electrons. The van der Waals surface area contributed by atoms with Crippen molar-refractivity contribution in [3.8, 4) is 0 Å². The SMILES string of the molecule is CCNC(=NCC(C)(O)CN1CCOCC1)NCC1CCN(C2CC2)C1.I. The van der Waals surface area contributed by atoms with Crippen molar-refractivity contribution in [3.63, 3.8) is 0 Å². The second-order valence-electron chi connectivity index (χ2n) is 8.34. The molecule has 0 amide bonds. The maximum Gasteiger partial charge on any atom is 0.191 e. The summed E-state index contributed by atoms with van der Waals surface area (Å²) in [5.41, 5.74) is -0.824. The van der Waals surface area contributed by atoms with Crippen molar-refractivity contribution in [1.82, 2.24) is 20.4 Å². The van der Waals surface area contributed by atoms with E-state index in [9.17, 15) is 5.11 Å². The zero-order chi connectivity index (χ0) is 18.4. The minimum absolute atomic E-state index is 0. The van der Waals surface area contributed by atoms with E-state index in [1.165, 1.54) is 32.4 Å². The van der Waals surface area contributed by atoms with Crippen LogP contribution in [-0.2, 0) is 4.74 Å². The maximum atomic E-state index is 10.7. The minimum atomic E-state index is -0.824. The Labute approximate surface area is 181 Å². The maximum absolute atomic E-state index is 10.7. The fourth-order valence-electron chi connectivity index (χ4n) is 3.92. The Morgan fingerprint density at radius 1 is 1.19 bits per heavy atom. The smallest absolute Gasteiger partial charge is 0.191 e. The average molecular weight is 495 g/mol. The Bertz CT molecular complexity index is 467. The van der Waals surface area contributed by atoms with Crippen LogP contribution in [0.1, 0.15) is 33.1 Å². The van der Waals surface area contributed by atoms with E-state index >= 15 is 0 Å². The van der Waals surface area contributed by atoms with E-state index in [2.05, 4.69) is 32.3 Å². The molecular formula is C19H38IN5O2. The van der Waals surface area contributed by atoms with E-state index in [1.807, 2.05) is 6.92 Å². The van der Waals surface area contributed by atoms with Crippen LogP contribution in [0.2, 0.25) is 0 Å². The van der Waals surface area contributed by atoms with Crippen LogP contribution in [-0.4, -0.2) is 98.1 Å². The van der Waals surface area contributed by atoms with Crippen molar-refractivity contribution in [2.45, 2.75) is 44.8 Å². The van der Waals surface area contributed by atoms with Gasteiger partial charge in [-0.1, -0.05) is 0 Å². The average Bonchev–Trinajstić information content (AvgIpc) is 3.36. The topological polar surface area (TPSA) is 72.4 Å². The number of nitrogens with zero attached hydrogens (tertiary/aromatic N) is 3. The summed E-state index contributed by atoms with van der Waals surface area (Å²) in [7, 11) is 0. The quantitative estimate of drug-likeness (QED) is 0.262. The highest BCUT2D eigenvalue weighted by molar-refractivity contribution is 14.0. The van der Waals surface area contributed by atoms with Crippen molar-refractivity contribution < 1.29 is 9.84 Å². The molecule has 2 aliphatic heterocycles. The van der Waals surface area contributed by atoms with Gasteiger partial charge in [-0.3, -0.25) is 9.89 Å². The molecule has 2 atom stereocenters. The Kier molecular flexibility index (Phi) is 9.54. The van der Waals surface area contributed by atoms with Gasteiger partial charge in [-0.05, 0) is 45.6 Å². The van der Waals surface area contributed by atoms with E-state index in [-0.39, 0.29) is 24.0 Å². The number of morpholine rings is 1. The van der Waals surface area contributed by atoms with Crippen LogP contribution in [0.5, 0.6) is 0 Å². The molecule has 1 saturated carbocycles. The van der Waals surface area contributed by atoms with Crippen molar-refractivity contribution in [1.29, 1.82) is 0 Å². The van der Waals surface area contributed by atoms with E-state index in [0.29, 0.717) is 19.0 Å². The van der Waals surface area contributed by atoms with Crippen LogP contribution in [0.15, 0.2) is 4.99 Å². The lowest BCUT2D eigenvalue weighted by Crippen LogP contribution is -2.48. The monoisotopic (exact) mass is 495 g/mol. The van der Waals surface area contributed by atoms with Crippen LogP contribution < -0.4 is 10.6 Å². The van der Waals surface area contributed by atoms with Crippen LogP contribution in [0, 0.1) is 5.92 Å². The van der Waals surface area contributed by atoms with E-state index in [0.717, 1.165) is 51.4 Å². The lowest BCUT2D eigenvalue weighted by Gasteiger charge is -2.33. The number of guanidine groups is 1. The lowest BCUT2D eigenvalue weighted by atomic mass is 10.1. The summed E-state index contributed by atoms with van der Waals surface area (Å²) in [5, 5.41) is 17.5. The summed E-state index contributed by atoms with van der Waals surface area (Å²) in [6.45, 7) is 12.5. The minimum Gasteiger partial charge on any atom is -0.387 e. The van der Waals surface area contributed by atoms with E-state index < -0.39 is 5.60 Å². The zero-order valence-corrected chi connectivity index (χ0v) is 19.3. The van der Waals surface area contributed by atoms with Gasteiger partial charge in [0.1, 0.15) is 0 Å². The Morgan fingerprint density at radius 3 is 2.59 bits per heavy atom. The van der Waals surface area contributed by atoms with Gasteiger partial charge in [0.05, 0.1) is 25.4 Å². The molecule has 0 aromatic rings. The molecule has 7 nitrogen and oxygen atoms in total. The molecule has 1 aliphatic carbocycles. The second-order valence-corrected chi connectivity index (χ2v) is 8.34. The predicted octanol–water partition coefficient (Wildman–Crippen LogP) is 0.727. The zero-order valence-electron chi connectivity index (χ0n) is 17.0. The number of aliphatic hydroxyl groups is 1. The molecule has 3 N–H and O–H groups in total. The summed E-state index contributed by atoms with van der Waals surface area (Å²) in [6.07, 6.45) is 4.06. The van der Waals surface area contributed by atoms with E-state index in [1.54, 1.807) is 0 Å². The first-order valence-electron chi connectivity index (χ1n) is 10.3. The van der Waals surface area contributed by atoms with Gasteiger partial charge in [0.15, 0.2) is 5.96 Å². The molecule has 2 unspecified atom stereocenters. The molecule has 3 aliphatic rings. The molecule has 3 rings (SSSR count). The van der Waals surface area contributed by atoms with Crippen LogP contribution in [0.4, 0.5) is 0 Å². The first-order valence-corrected chi connectivity index (χ1v) is 10.3. The van der Waals surface area contributed by atoms with Gasteiger partial charge in [-0.25, -0.2) is 0 Å². The number of rotatable bonds is 8. The van der Waals surface area contributed by atoms with Crippen molar-refractivity contribution in [2.24, 2.45) is 10.9 Å². The van der Waals surface area contributed by atoms with Crippen LogP contribution in [0.25, 0.3) is 0 Å². The van der Waals surface area contributed by atoms with Crippen molar-refractivity contribution in [2.75, 3.05) is 65.6 Å². The molecule has 0 spiro atoms. The first kappa shape index (κ1) is 23.1. The molecular weight excluding hydrogens is 457 g/mol. The summed E-state index contributed by atoms with van der Waals surface area (Å²) in [4.78, 5) is 9.55. The third-order valence-corrected chi connectivity index (χ3v) is 5.53. The summed E-state index contributed by atoms with van der Waals surface area (Å²) >= 11 is 0. The molecule has 2 heterocycles. The second kappa shape index (κ2) is 11.1. The number of likely N-dealkylation sites (tertiary alicyclic amines) is 1. The highest BCUT2D eigenvalue weighted by atomic mass is 127. The molecule has 8 heteroatoms. The lowest BCUT2D eigenvalue weighted by molar-refractivity contribution is -0.0180. The predicted molar refractivity (Wildman–Crippen MR) is 120 cm³/mol. The normalized spacial score (nSPS) is 27.1. The molecule has 0 radical (unpaired) electrons. The van der Waals surface area contributed by atoms with E-state index in [4.69, 9.17) is 4.74 Å². The molecule has 0 aromatic carbocycles. The Morgan fingerprint density at radius 2 is 1.93 bits per heavy atom. The summed E-state index contributed by atoms with van der Waals surface area (Å²) in [5.74, 6) is 1.52. The van der Waals surface area contributed by atoms with Crippen LogP contribution >= 0.6 is 24.0 Å². The molecule has 0 aromatic heterocycles. The van der Waals surface area contributed by atoms with Gasteiger partial charge < -0.3 is 25.4 Å². The molecule has 27 heavy (non-hydrogen) atoms. The molecule has 0 bridgehead atoms. The fourth-order valence-corrected chi connectivity index (χ4v) is 3.92. The summed E-state index contributed by atoms with van der Waals surface area (Å²) in [6, 6.07) is 0.872. The number of halogens is 1. The number of ether oxygens (including phenoxy) is 1. The number of β-amino-alcohol motifs (C(OH)–C–C–N with tert-alkyl or cyclic N) is 1. The molecule has 2 saturated heterocycles. The van der Waals surface area contributed by atoms with Gasteiger partial charge in [-0.15, -0.1) is 24.0 Å². The molecule has 3 fully saturated rings. The Balaban J connectivity index is 0.00000261. The van der Waals surface area contributed by atoms with Gasteiger partial charge >= 0.3 is 0 Å². The van der Waals surface area contributed by atoms with Gasteiger partial charge in [0, 0.05) is 45.3 Å². The first-order chi connectivity index (χ1) is 12.6. The number of hydrogen-bond acceptors (Lipinski definition) is 5. The summed E-state index contributed by atoms with van der Waals surface area (Å²) < 4.78 is 5.38. The highest BCUT2D eigenvalue weighted by Gasteiger charge is 2.34. The number of hydrogen-bond donors (Lipinski definition) is 3. The van der Waals surface area contributed by atoms with Crippen molar-refractivity contribution in [3.05, 3.63) is 0 Å². The van der Waals surface area contributed by atoms with Crippen LogP contribution in [0.3, 0.4) is 0 Å². The number of nitrogens with one attached hydrogen (secondary N) is 2. The Hall–Kier alpha value is -0.160. The van der Waals surface area contributed by atoms with Gasteiger partial charge in [-0.2, -0.15) is 0 Å². The third-order valence-electron chi connectivity index (χ3n) is 5.53. The highest BCUT2D eigenvalue weighted by Crippen LogP contribution is 2.31.